The van der Waals surface area contributed by atoms with E-state index in [1.54, 1.807) is 18.9 Å². The molecule has 3 heterocycles. The third-order valence-electron chi connectivity index (χ3n) is 6.48. The number of carbonyl (C=O) groups is 1. The number of ether oxygens (including phenoxy) is 3. The number of aryl methyl sites for hydroxylation is 1. The molecule has 2 fully saturated rings. The standard InChI is InChI=1S/C27H37N5O4/c1-21-4-5-26(30(3)22(2)33)23(16-21)19-28-20-24-17-25(32-9-13-35-14-10-32)18-27(29-24)36-15-8-31-6-11-34-12-7-31/h4-5,16-19H,6-15,20H2,1-3H3. The summed E-state index contributed by atoms with van der Waals surface area (Å²) in [5.41, 5.74) is 4.76. The van der Waals surface area contributed by atoms with Crippen molar-refractivity contribution in [2.24, 2.45) is 4.99 Å². The van der Waals surface area contributed by atoms with Crippen LogP contribution in [0.15, 0.2) is 35.3 Å². The largest absolute Gasteiger partial charge is 0.476 e. The molecule has 0 bridgehead atoms. The first-order valence-corrected chi connectivity index (χ1v) is 12.6. The van der Waals surface area contributed by atoms with E-state index in [2.05, 4.69) is 15.9 Å². The monoisotopic (exact) mass is 495 g/mol. The maximum absolute atomic E-state index is 11.9. The summed E-state index contributed by atoms with van der Waals surface area (Å²) in [6.07, 6.45) is 1.82. The molecule has 0 aliphatic carbocycles. The number of hydrogen-bond donors (Lipinski definition) is 0. The van der Waals surface area contributed by atoms with Gasteiger partial charge in [-0.15, -0.1) is 0 Å². The Morgan fingerprint density at radius 3 is 2.56 bits per heavy atom. The summed E-state index contributed by atoms with van der Waals surface area (Å²) < 4.78 is 17.0. The molecule has 36 heavy (non-hydrogen) atoms. The maximum Gasteiger partial charge on any atom is 0.223 e. The van der Waals surface area contributed by atoms with Crippen LogP contribution in [0.3, 0.4) is 0 Å². The van der Waals surface area contributed by atoms with E-state index in [0.29, 0.717) is 32.2 Å². The van der Waals surface area contributed by atoms with Gasteiger partial charge in [-0.05, 0) is 25.1 Å². The first kappa shape index (κ1) is 26.1. The highest BCUT2D eigenvalue weighted by Gasteiger charge is 2.15. The molecule has 194 valence electrons. The Kier molecular flexibility index (Phi) is 9.27. The van der Waals surface area contributed by atoms with Crippen LogP contribution in [0.25, 0.3) is 0 Å². The number of carbonyl (C=O) groups excluding carboxylic acids is 1. The molecule has 1 aromatic carbocycles. The van der Waals surface area contributed by atoms with Gasteiger partial charge in [-0.3, -0.25) is 14.7 Å². The van der Waals surface area contributed by atoms with Crippen LogP contribution in [0.4, 0.5) is 11.4 Å². The average molecular weight is 496 g/mol. The second-order valence-electron chi connectivity index (χ2n) is 9.17. The molecule has 1 aromatic heterocycles. The van der Waals surface area contributed by atoms with Crippen molar-refractivity contribution in [1.82, 2.24) is 9.88 Å². The zero-order valence-corrected chi connectivity index (χ0v) is 21.6. The first-order chi connectivity index (χ1) is 17.5. The summed E-state index contributed by atoms with van der Waals surface area (Å²) in [6, 6.07) is 10.1. The van der Waals surface area contributed by atoms with E-state index in [0.717, 1.165) is 74.1 Å². The lowest BCUT2D eigenvalue weighted by Crippen LogP contribution is -2.38. The van der Waals surface area contributed by atoms with Gasteiger partial charge in [0.15, 0.2) is 0 Å². The number of benzene rings is 1. The Labute approximate surface area is 213 Å². The van der Waals surface area contributed by atoms with Crippen molar-refractivity contribution >= 4 is 23.5 Å². The van der Waals surface area contributed by atoms with Gasteiger partial charge in [0.2, 0.25) is 11.8 Å². The molecule has 0 saturated carbocycles. The van der Waals surface area contributed by atoms with Crippen LogP contribution in [-0.2, 0) is 20.8 Å². The van der Waals surface area contributed by atoms with Crippen molar-refractivity contribution in [3.8, 4) is 5.88 Å². The number of pyridine rings is 1. The topological polar surface area (TPSA) is 79.7 Å². The van der Waals surface area contributed by atoms with Crippen LogP contribution in [0, 0.1) is 6.92 Å². The lowest BCUT2D eigenvalue weighted by atomic mass is 10.1. The molecule has 0 N–H and O–H groups in total. The summed E-state index contributed by atoms with van der Waals surface area (Å²) in [7, 11) is 1.78. The van der Waals surface area contributed by atoms with Crippen molar-refractivity contribution in [1.29, 1.82) is 0 Å². The van der Waals surface area contributed by atoms with Gasteiger partial charge in [0, 0.05) is 70.2 Å². The van der Waals surface area contributed by atoms with Crippen molar-refractivity contribution in [3.63, 3.8) is 0 Å². The Morgan fingerprint density at radius 2 is 1.83 bits per heavy atom. The molecule has 0 unspecified atom stereocenters. The lowest BCUT2D eigenvalue weighted by Gasteiger charge is -2.29. The molecule has 9 heteroatoms. The molecule has 2 aliphatic heterocycles. The van der Waals surface area contributed by atoms with Gasteiger partial charge < -0.3 is 24.0 Å². The zero-order valence-electron chi connectivity index (χ0n) is 21.6. The SMILES string of the molecule is CC(=O)N(C)c1ccc(C)cc1C=NCc1cc(N2CCOCC2)cc(OCCN2CCOCC2)n1. The molecular formula is C27H37N5O4. The molecule has 2 aromatic rings. The van der Waals surface area contributed by atoms with Gasteiger partial charge in [0.05, 0.1) is 44.4 Å². The van der Waals surface area contributed by atoms with E-state index in [-0.39, 0.29) is 5.91 Å². The highest BCUT2D eigenvalue weighted by atomic mass is 16.5. The number of nitrogens with zero attached hydrogens (tertiary/aromatic N) is 5. The van der Waals surface area contributed by atoms with E-state index >= 15 is 0 Å². The quantitative estimate of drug-likeness (QED) is 0.495. The normalized spacial score (nSPS) is 16.9. The van der Waals surface area contributed by atoms with Crippen LogP contribution >= 0.6 is 0 Å². The van der Waals surface area contributed by atoms with Crippen LogP contribution in [0.5, 0.6) is 5.88 Å². The fourth-order valence-corrected chi connectivity index (χ4v) is 4.30. The zero-order chi connectivity index (χ0) is 25.3. The number of aliphatic imine (C=N–C) groups is 1. The molecule has 2 saturated heterocycles. The van der Waals surface area contributed by atoms with Crippen molar-refractivity contribution in [2.75, 3.05) is 82.6 Å². The highest BCUT2D eigenvalue weighted by molar-refractivity contribution is 5.98. The molecule has 2 aliphatic rings. The third-order valence-corrected chi connectivity index (χ3v) is 6.48. The number of anilines is 2. The second kappa shape index (κ2) is 12.8. The van der Waals surface area contributed by atoms with Crippen LogP contribution in [0.2, 0.25) is 0 Å². The number of rotatable bonds is 9. The minimum atomic E-state index is -0.0211. The molecule has 1 amide bonds. The summed E-state index contributed by atoms with van der Waals surface area (Å²) in [5, 5.41) is 0. The third kappa shape index (κ3) is 7.25. The first-order valence-electron chi connectivity index (χ1n) is 12.6. The molecule has 9 nitrogen and oxygen atoms in total. The summed E-state index contributed by atoms with van der Waals surface area (Å²) in [6.45, 7) is 11.9. The van der Waals surface area contributed by atoms with E-state index in [1.165, 1.54) is 0 Å². The van der Waals surface area contributed by atoms with Gasteiger partial charge in [-0.25, -0.2) is 4.98 Å². The van der Waals surface area contributed by atoms with Gasteiger partial charge in [0.1, 0.15) is 6.61 Å². The number of aromatic nitrogens is 1. The second-order valence-corrected chi connectivity index (χ2v) is 9.17. The number of amides is 1. The minimum Gasteiger partial charge on any atom is -0.476 e. The van der Waals surface area contributed by atoms with Crippen molar-refractivity contribution in [2.45, 2.75) is 20.4 Å². The summed E-state index contributed by atoms with van der Waals surface area (Å²) >= 11 is 0. The van der Waals surface area contributed by atoms with Gasteiger partial charge in [0.25, 0.3) is 0 Å². The highest BCUT2D eigenvalue weighted by Crippen LogP contribution is 2.24. The molecule has 0 radical (unpaired) electrons. The Bertz CT molecular complexity index is 1050. The van der Waals surface area contributed by atoms with E-state index < -0.39 is 0 Å². The predicted octanol–water partition coefficient (Wildman–Crippen LogP) is 2.54. The smallest absolute Gasteiger partial charge is 0.223 e. The maximum atomic E-state index is 11.9. The predicted molar refractivity (Wildman–Crippen MR) is 142 cm³/mol. The van der Waals surface area contributed by atoms with Gasteiger partial charge >= 0.3 is 0 Å². The van der Waals surface area contributed by atoms with E-state index in [1.807, 2.05) is 37.4 Å². The van der Waals surface area contributed by atoms with Crippen LogP contribution in [0.1, 0.15) is 23.7 Å². The van der Waals surface area contributed by atoms with Crippen molar-refractivity contribution in [3.05, 3.63) is 47.2 Å². The van der Waals surface area contributed by atoms with Crippen LogP contribution in [-0.4, -0.2) is 94.8 Å². The molecule has 0 spiro atoms. The summed E-state index contributed by atoms with van der Waals surface area (Å²) in [5.74, 6) is 0.595. The van der Waals surface area contributed by atoms with E-state index in [9.17, 15) is 4.79 Å². The van der Waals surface area contributed by atoms with Gasteiger partial charge in [-0.2, -0.15) is 0 Å². The van der Waals surface area contributed by atoms with E-state index in [4.69, 9.17) is 24.2 Å². The summed E-state index contributed by atoms with van der Waals surface area (Å²) in [4.78, 5) is 27.6. The Morgan fingerprint density at radius 1 is 1.11 bits per heavy atom. The average Bonchev–Trinajstić information content (AvgIpc) is 2.89. The fraction of sp³-hybridized carbons (Fsp3) is 0.519. The molecular weight excluding hydrogens is 458 g/mol. The fourth-order valence-electron chi connectivity index (χ4n) is 4.30. The Balaban J connectivity index is 1.49. The lowest BCUT2D eigenvalue weighted by molar-refractivity contribution is -0.116. The molecule has 4 rings (SSSR count). The number of hydrogen-bond acceptors (Lipinski definition) is 8. The minimum absolute atomic E-state index is 0.0211. The van der Waals surface area contributed by atoms with Gasteiger partial charge in [-0.1, -0.05) is 11.6 Å². The molecule has 0 atom stereocenters. The van der Waals surface area contributed by atoms with Crippen LogP contribution < -0.4 is 14.5 Å². The number of morpholine rings is 2. The Hall–Kier alpha value is -3.01. The van der Waals surface area contributed by atoms with Crippen molar-refractivity contribution < 1.29 is 19.0 Å².